The smallest absolute Gasteiger partial charge is 0.258 e. The molecule has 0 atom stereocenters. The van der Waals surface area contributed by atoms with Crippen LogP contribution in [0.1, 0.15) is 26.1 Å². The lowest BCUT2D eigenvalue weighted by Gasteiger charge is -2.18. The zero-order valence-electron chi connectivity index (χ0n) is 18.6. The van der Waals surface area contributed by atoms with Crippen molar-refractivity contribution >= 4 is 33.4 Å². The Morgan fingerprint density at radius 3 is 2.75 bits per heavy atom. The molecule has 7 heteroatoms. The van der Waals surface area contributed by atoms with Crippen LogP contribution in [-0.2, 0) is 17.8 Å². The Bertz CT molecular complexity index is 1290. The van der Waals surface area contributed by atoms with Gasteiger partial charge < -0.3 is 19.8 Å². The summed E-state index contributed by atoms with van der Waals surface area (Å²) in [4.78, 5) is 34.3. The first-order valence-corrected chi connectivity index (χ1v) is 11.2. The van der Waals surface area contributed by atoms with Crippen LogP contribution in [0.2, 0.25) is 0 Å². The van der Waals surface area contributed by atoms with E-state index in [1.807, 2.05) is 24.3 Å². The molecule has 0 spiro atoms. The summed E-state index contributed by atoms with van der Waals surface area (Å²) >= 11 is 0. The molecule has 32 heavy (non-hydrogen) atoms. The number of hydrogen-bond donors (Lipinski definition) is 2. The summed E-state index contributed by atoms with van der Waals surface area (Å²) in [7, 11) is 0. The normalized spacial score (nSPS) is 11.5. The van der Waals surface area contributed by atoms with Crippen LogP contribution in [0.25, 0.3) is 21.8 Å². The van der Waals surface area contributed by atoms with Crippen molar-refractivity contribution < 1.29 is 4.79 Å². The fourth-order valence-electron chi connectivity index (χ4n) is 3.97. The maximum Gasteiger partial charge on any atom is 0.258 e. The van der Waals surface area contributed by atoms with E-state index in [2.05, 4.69) is 56.9 Å². The van der Waals surface area contributed by atoms with Gasteiger partial charge in [-0.2, -0.15) is 0 Å². The molecule has 2 N–H and O–H groups in total. The molecule has 166 valence electrons. The van der Waals surface area contributed by atoms with E-state index in [9.17, 15) is 9.59 Å². The molecule has 2 aromatic carbocycles. The first kappa shape index (κ1) is 21.8. The number of carbonyl (C=O) groups is 1. The zero-order valence-corrected chi connectivity index (χ0v) is 18.6. The number of hydrogen-bond acceptors (Lipinski definition) is 4. The van der Waals surface area contributed by atoms with Crippen LogP contribution in [-0.4, -0.2) is 45.0 Å². The van der Waals surface area contributed by atoms with Crippen molar-refractivity contribution in [3.8, 4) is 0 Å². The molecule has 0 saturated heterocycles. The standard InChI is InChI=1S/C25H29N5O2/c1-3-29(4-2)15-16-30-14-13-18-17-19(9-10-22(18)30)26-24(31)12-11-23-27-21-8-6-5-7-20(21)25(32)28-23/h5-10,13-14,17H,3-4,11-12,15-16H2,1-2H3,(H,26,31)(H,27,28,32). The molecular formula is C25H29N5O2. The molecule has 0 aliphatic carbocycles. The minimum atomic E-state index is -0.179. The van der Waals surface area contributed by atoms with Gasteiger partial charge in [0.1, 0.15) is 5.82 Å². The number of H-pyrrole nitrogens is 1. The van der Waals surface area contributed by atoms with Crippen LogP contribution in [0, 0.1) is 0 Å². The highest BCUT2D eigenvalue weighted by Crippen LogP contribution is 2.21. The first-order valence-electron chi connectivity index (χ1n) is 11.2. The SMILES string of the molecule is CCN(CC)CCn1ccc2cc(NC(=O)CCc3nc4ccccc4c(=O)[nH]3)ccc21. The van der Waals surface area contributed by atoms with Gasteiger partial charge in [0.25, 0.3) is 5.56 Å². The maximum absolute atomic E-state index is 12.5. The second kappa shape index (κ2) is 9.78. The van der Waals surface area contributed by atoms with Gasteiger partial charge in [-0.1, -0.05) is 26.0 Å². The van der Waals surface area contributed by atoms with Crippen molar-refractivity contribution in [3.63, 3.8) is 0 Å². The highest BCUT2D eigenvalue weighted by molar-refractivity contribution is 5.94. The Kier molecular flexibility index (Phi) is 6.66. The monoisotopic (exact) mass is 431 g/mol. The molecule has 0 unspecified atom stereocenters. The number of para-hydroxylation sites is 1. The fraction of sp³-hybridized carbons (Fsp3) is 0.320. The number of aryl methyl sites for hydroxylation is 1. The summed E-state index contributed by atoms with van der Waals surface area (Å²) in [6.07, 6.45) is 2.71. The Balaban J connectivity index is 1.38. The number of nitrogens with zero attached hydrogens (tertiary/aromatic N) is 3. The summed E-state index contributed by atoms with van der Waals surface area (Å²) in [5.74, 6) is 0.408. The third-order valence-electron chi connectivity index (χ3n) is 5.86. The van der Waals surface area contributed by atoms with Crippen LogP contribution in [0.15, 0.2) is 59.5 Å². The number of nitrogens with one attached hydrogen (secondary N) is 2. The van der Waals surface area contributed by atoms with E-state index in [0.29, 0.717) is 23.1 Å². The van der Waals surface area contributed by atoms with E-state index in [0.717, 1.165) is 42.8 Å². The Labute approximate surface area is 187 Å². The lowest BCUT2D eigenvalue weighted by molar-refractivity contribution is -0.116. The molecule has 4 rings (SSSR count). The number of benzene rings is 2. The van der Waals surface area contributed by atoms with Gasteiger partial charge in [-0.25, -0.2) is 4.98 Å². The number of rotatable bonds is 9. The van der Waals surface area contributed by atoms with E-state index in [1.54, 1.807) is 12.1 Å². The van der Waals surface area contributed by atoms with Gasteiger partial charge in [0, 0.05) is 48.7 Å². The molecule has 0 fully saturated rings. The molecule has 0 bridgehead atoms. The van der Waals surface area contributed by atoms with Crippen molar-refractivity contribution in [3.05, 3.63) is 70.9 Å². The number of amides is 1. The molecule has 7 nitrogen and oxygen atoms in total. The third kappa shape index (κ3) is 4.89. The van der Waals surface area contributed by atoms with Gasteiger partial charge >= 0.3 is 0 Å². The lowest BCUT2D eigenvalue weighted by atomic mass is 10.2. The van der Waals surface area contributed by atoms with Gasteiger partial charge in [0.15, 0.2) is 0 Å². The van der Waals surface area contributed by atoms with Crippen LogP contribution < -0.4 is 10.9 Å². The quantitative estimate of drug-likeness (QED) is 0.422. The molecule has 1 amide bonds. The summed E-state index contributed by atoms with van der Waals surface area (Å²) in [5, 5.41) is 4.61. The second-order valence-corrected chi connectivity index (χ2v) is 7.89. The van der Waals surface area contributed by atoms with Crippen molar-refractivity contribution in [2.24, 2.45) is 0 Å². The van der Waals surface area contributed by atoms with E-state index < -0.39 is 0 Å². The van der Waals surface area contributed by atoms with Gasteiger partial charge in [0.2, 0.25) is 5.91 Å². The number of anilines is 1. The number of aromatic nitrogens is 3. The zero-order chi connectivity index (χ0) is 22.5. The highest BCUT2D eigenvalue weighted by atomic mass is 16.1. The number of fused-ring (bicyclic) bond motifs is 2. The van der Waals surface area contributed by atoms with Crippen molar-refractivity contribution in [2.45, 2.75) is 33.2 Å². The largest absolute Gasteiger partial charge is 0.346 e. The maximum atomic E-state index is 12.5. The summed E-state index contributed by atoms with van der Waals surface area (Å²) in [6, 6.07) is 15.3. The van der Waals surface area contributed by atoms with Gasteiger partial charge in [-0.15, -0.1) is 0 Å². The first-order chi connectivity index (χ1) is 15.6. The van der Waals surface area contributed by atoms with Gasteiger partial charge in [-0.05, 0) is 49.5 Å². The molecule has 2 heterocycles. The summed E-state index contributed by atoms with van der Waals surface area (Å²) in [6.45, 7) is 8.41. The third-order valence-corrected chi connectivity index (χ3v) is 5.86. The molecule has 4 aromatic rings. The highest BCUT2D eigenvalue weighted by Gasteiger charge is 2.09. The second-order valence-electron chi connectivity index (χ2n) is 7.89. The van der Waals surface area contributed by atoms with Gasteiger partial charge in [0.05, 0.1) is 10.9 Å². The predicted octanol–water partition coefficient (Wildman–Crippen LogP) is 3.79. The Morgan fingerprint density at radius 2 is 1.94 bits per heavy atom. The van der Waals surface area contributed by atoms with Crippen molar-refractivity contribution in [1.29, 1.82) is 0 Å². The minimum absolute atomic E-state index is 0.110. The Morgan fingerprint density at radius 1 is 1.12 bits per heavy atom. The molecule has 0 aliphatic rings. The summed E-state index contributed by atoms with van der Waals surface area (Å²) in [5.41, 5.74) is 2.39. The molecule has 0 aliphatic heterocycles. The van der Waals surface area contributed by atoms with Crippen LogP contribution in [0.4, 0.5) is 5.69 Å². The van der Waals surface area contributed by atoms with E-state index in [1.165, 1.54) is 0 Å². The van der Waals surface area contributed by atoms with Crippen LogP contribution in [0.5, 0.6) is 0 Å². The minimum Gasteiger partial charge on any atom is -0.346 e. The van der Waals surface area contributed by atoms with Crippen LogP contribution >= 0.6 is 0 Å². The van der Waals surface area contributed by atoms with E-state index >= 15 is 0 Å². The lowest BCUT2D eigenvalue weighted by Crippen LogP contribution is -2.26. The summed E-state index contributed by atoms with van der Waals surface area (Å²) < 4.78 is 2.25. The average Bonchev–Trinajstić information content (AvgIpc) is 3.21. The average molecular weight is 432 g/mol. The fourth-order valence-corrected chi connectivity index (χ4v) is 3.97. The van der Waals surface area contributed by atoms with Gasteiger partial charge in [-0.3, -0.25) is 9.59 Å². The Hall–Kier alpha value is -3.45. The van der Waals surface area contributed by atoms with Crippen molar-refractivity contribution in [2.75, 3.05) is 25.0 Å². The number of carbonyl (C=O) groups excluding carboxylic acids is 1. The number of likely N-dealkylation sites (N-methyl/N-ethyl adjacent to an activating group) is 1. The molecular weight excluding hydrogens is 402 g/mol. The van der Waals surface area contributed by atoms with E-state index in [4.69, 9.17) is 0 Å². The van der Waals surface area contributed by atoms with E-state index in [-0.39, 0.29) is 17.9 Å². The number of aromatic amines is 1. The van der Waals surface area contributed by atoms with Crippen molar-refractivity contribution in [1.82, 2.24) is 19.4 Å². The molecule has 0 saturated carbocycles. The molecule has 0 radical (unpaired) electrons. The predicted molar refractivity (Wildman–Crippen MR) is 129 cm³/mol. The topological polar surface area (TPSA) is 83.0 Å². The van der Waals surface area contributed by atoms with Crippen LogP contribution in [0.3, 0.4) is 0 Å². The molecule has 2 aromatic heterocycles.